The molecule has 2 N–H and O–H groups in total. The van der Waals surface area contributed by atoms with Gasteiger partial charge < -0.3 is 19.3 Å². The van der Waals surface area contributed by atoms with E-state index < -0.39 is 20.2 Å². The molecule has 0 bridgehead atoms. The molecule has 0 heterocycles. The standard InChI is InChI=1S/C4H4O4.C2H7O3P/c5-3(6)1-2-4(7)8;1-4-6(3)5-2/h1-2H,(H,5,6)(H,7,8);6H,1-2H3/b2-1-;. The zero-order valence-corrected chi connectivity index (χ0v) is 8.59. The van der Waals surface area contributed by atoms with Crippen LogP contribution in [0.25, 0.3) is 0 Å². The zero-order chi connectivity index (χ0) is 11.6. The molecule has 0 atom stereocenters. The lowest BCUT2D eigenvalue weighted by atomic mass is 10.5. The highest BCUT2D eigenvalue weighted by Crippen LogP contribution is 2.18. The predicted molar refractivity (Wildman–Crippen MR) is 47.4 cm³/mol. The van der Waals surface area contributed by atoms with E-state index in [1.165, 1.54) is 14.2 Å². The molecular weight excluding hydrogens is 215 g/mol. The average Bonchev–Trinajstić information content (AvgIpc) is 2.14. The second-order valence-electron chi connectivity index (χ2n) is 1.67. The highest BCUT2D eigenvalue weighted by atomic mass is 31.1. The molecule has 0 aromatic heterocycles. The Bertz CT molecular complexity index is 212. The Labute approximate surface area is 80.9 Å². The van der Waals surface area contributed by atoms with Crippen molar-refractivity contribution < 1.29 is 33.4 Å². The summed E-state index contributed by atoms with van der Waals surface area (Å²) < 4.78 is 18.4. The number of rotatable bonds is 4. The fraction of sp³-hybridized carbons (Fsp3) is 0.333. The summed E-state index contributed by atoms with van der Waals surface area (Å²) in [5, 5.41) is 15.6. The third kappa shape index (κ3) is 17.1. The molecule has 0 aliphatic carbocycles. The Hall–Kier alpha value is -1.17. The van der Waals surface area contributed by atoms with Crippen LogP contribution >= 0.6 is 8.25 Å². The normalized spacial score (nSPS) is 9.64. The molecule has 0 amide bonds. The van der Waals surface area contributed by atoms with Crippen LogP contribution in [0.3, 0.4) is 0 Å². The van der Waals surface area contributed by atoms with Crippen LogP contribution in [0.2, 0.25) is 0 Å². The maximum Gasteiger partial charge on any atom is 0.328 e. The second kappa shape index (κ2) is 9.91. The van der Waals surface area contributed by atoms with Crippen molar-refractivity contribution in [2.24, 2.45) is 0 Å². The van der Waals surface area contributed by atoms with Crippen LogP contribution in [0.4, 0.5) is 0 Å². The van der Waals surface area contributed by atoms with Crippen LogP contribution in [-0.4, -0.2) is 36.4 Å². The van der Waals surface area contributed by atoms with E-state index in [-0.39, 0.29) is 0 Å². The van der Waals surface area contributed by atoms with Crippen LogP contribution in [0, 0.1) is 0 Å². The van der Waals surface area contributed by atoms with Gasteiger partial charge in [-0.2, -0.15) is 0 Å². The van der Waals surface area contributed by atoms with Gasteiger partial charge in [-0.3, -0.25) is 4.57 Å². The molecule has 82 valence electrons. The largest absolute Gasteiger partial charge is 0.478 e. The molecule has 0 aliphatic heterocycles. The summed E-state index contributed by atoms with van der Waals surface area (Å²) in [4.78, 5) is 19.1. The first-order valence-electron chi connectivity index (χ1n) is 3.20. The van der Waals surface area contributed by atoms with E-state index in [0.29, 0.717) is 12.2 Å². The van der Waals surface area contributed by atoms with Crippen molar-refractivity contribution in [3.05, 3.63) is 12.2 Å². The van der Waals surface area contributed by atoms with Crippen molar-refractivity contribution in [2.45, 2.75) is 0 Å². The highest BCUT2D eigenvalue weighted by molar-refractivity contribution is 7.33. The fourth-order valence-electron chi connectivity index (χ4n) is 0.226. The summed E-state index contributed by atoms with van der Waals surface area (Å²) in [6, 6.07) is 0. The van der Waals surface area contributed by atoms with Crippen molar-refractivity contribution in [1.29, 1.82) is 0 Å². The first-order chi connectivity index (χ1) is 6.43. The molecule has 0 aromatic rings. The van der Waals surface area contributed by atoms with Gasteiger partial charge in [0.05, 0.1) is 0 Å². The summed E-state index contributed by atoms with van der Waals surface area (Å²) in [7, 11) is 0.558. The van der Waals surface area contributed by atoms with Gasteiger partial charge in [-0.05, 0) is 0 Å². The topological polar surface area (TPSA) is 110 Å². The molecule has 0 rings (SSSR count). The summed E-state index contributed by atoms with van der Waals surface area (Å²) in [5.41, 5.74) is 0. The molecule has 0 radical (unpaired) electrons. The fourth-order valence-corrected chi connectivity index (χ4v) is 0.393. The Morgan fingerprint density at radius 1 is 1.07 bits per heavy atom. The number of carboxylic acids is 2. The number of aliphatic carboxylic acids is 2. The number of carbonyl (C=O) groups is 2. The number of hydrogen-bond acceptors (Lipinski definition) is 5. The Kier molecular flexibility index (Phi) is 10.8. The van der Waals surface area contributed by atoms with Crippen molar-refractivity contribution in [3.63, 3.8) is 0 Å². The third-order valence-electron chi connectivity index (χ3n) is 0.702. The van der Waals surface area contributed by atoms with Gasteiger partial charge in [-0.15, -0.1) is 0 Å². The summed E-state index contributed by atoms with van der Waals surface area (Å²) in [6.45, 7) is 0. The van der Waals surface area contributed by atoms with Crippen LogP contribution in [-0.2, 0) is 23.2 Å². The zero-order valence-electron chi connectivity index (χ0n) is 7.59. The SMILES string of the molecule is CO[PH](=O)OC.O=C(O)/C=C\C(=O)O. The molecule has 7 nitrogen and oxygen atoms in total. The summed E-state index contributed by atoms with van der Waals surface area (Å²) in [6.07, 6.45) is 1.12. The maximum absolute atomic E-state index is 9.92. The first kappa shape index (κ1) is 15.3. The molecule has 0 spiro atoms. The van der Waals surface area contributed by atoms with Crippen LogP contribution in [0.15, 0.2) is 12.2 Å². The summed E-state index contributed by atoms with van der Waals surface area (Å²) in [5.74, 6) is -2.51. The Balaban J connectivity index is 0. The van der Waals surface area contributed by atoms with Crippen molar-refractivity contribution >= 4 is 20.2 Å². The van der Waals surface area contributed by atoms with Gasteiger partial charge in [0.15, 0.2) is 0 Å². The second-order valence-corrected chi connectivity index (χ2v) is 2.98. The molecule has 0 aliphatic rings. The first-order valence-corrected chi connectivity index (χ1v) is 4.42. The molecule has 0 aromatic carbocycles. The molecule has 0 unspecified atom stereocenters. The van der Waals surface area contributed by atoms with Gasteiger partial charge in [0.1, 0.15) is 0 Å². The van der Waals surface area contributed by atoms with Gasteiger partial charge in [-0.25, -0.2) is 9.59 Å². The predicted octanol–water partition coefficient (Wildman–Crippen LogP) is 0.381. The average molecular weight is 226 g/mol. The lowest BCUT2D eigenvalue weighted by Crippen LogP contribution is -1.91. The molecule has 14 heavy (non-hydrogen) atoms. The molecule has 0 saturated heterocycles. The van der Waals surface area contributed by atoms with Crippen LogP contribution < -0.4 is 0 Å². The smallest absolute Gasteiger partial charge is 0.328 e. The van der Waals surface area contributed by atoms with Crippen molar-refractivity contribution in [2.75, 3.05) is 14.2 Å². The van der Waals surface area contributed by atoms with Gasteiger partial charge in [0.2, 0.25) is 0 Å². The molecular formula is C6H11O7P. The minimum Gasteiger partial charge on any atom is -0.478 e. The number of hydrogen-bond donors (Lipinski definition) is 2. The van der Waals surface area contributed by atoms with Gasteiger partial charge in [0, 0.05) is 26.4 Å². The minimum absolute atomic E-state index is 0.558. The monoisotopic (exact) mass is 226 g/mol. The van der Waals surface area contributed by atoms with E-state index in [1.807, 2.05) is 0 Å². The van der Waals surface area contributed by atoms with Crippen LogP contribution in [0.5, 0.6) is 0 Å². The van der Waals surface area contributed by atoms with E-state index in [4.69, 9.17) is 10.2 Å². The van der Waals surface area contributed by atoms with Gasteiger partial charge in [0.25, 0.3) is 0 Å². The van der Waals surface area contributed by atoms with E-state index in [0.717, 1.165) is 0 Å². The highest BCUT2D eigenvalue weighted by Gasteiger charge is 1.88. The lowest BCUT2D eigenvalue weighted by molar-refractivity contribution is -0.134. The van der Waals surface area contributed by atoms with E-state index >= 15 is 0 Å². The third-order valence-corrected chi connectivity index (χ3v) is 1.37. The van der Waals surface area contributed by atoms with E-state index in [1.54, 1.807) is 0 Å². The Morgan fingerprint density at radius 2 is 1.36 bits per heavy atom. The summed E-state index contributed by atoms with van der Waals surface area (Å²) >= 11 is 0. The lowest BCUT2D eigenvalue weighted by Gasteiger charge is -1.89. The minimum atomic E-state index is -2.12. The maximum atomic E-state index is 9.92. The Morgan fingerprint density at radius 3 is 1.43 bits per heavy atom. The quantitative estimate of drug-likeness (QED) is 0.526. The number of carboxylic acid groups (broad SMARTS) is 2. The molecule has 0 saturated carbocycles. The van der Waals surface area contributed by atoms with Gasteiger partial charge >= 0.3 is 20.2 Å². The molecule has 0 fully saturated rings. The van der Waals surface area contributed by atoms with Crippen molar-refractivity contribution in [1.82, 2.24) is 0 Å². The van der Waals surface area contributed by atoms with Crippen LogP contribution in [0.1, 0.15) is 0 Å². The van der Waals surface area contributed by atoms with E-state index in [9.17, 15) is 14.2 Å². The van der Waals surface area contributed by atoms with Gasteiger partial charge in [-0.1, -0.05) is 0 Å². The van der Waals surface area contributed by atoms with Crippen molar-refractivity contribution in [3.8, 4) is 0 Å². The van der Waals surface area contributed by atoms with E-state index in [2.05, 4.69) is 9.05 Å². The molecule has 8 heteroatoms.